The summed E-state index contributed by atoms with van der Waals surface area (Å²) in [6.07, 6.45) is -4.26. The Kier molecular flexibility index (Phi) is 4.37. The highest BCUT2D eigenvalue weighted by Crippen LogP contribution is 2.34. The summed E-state index contributed by atoms with van der Waals surface area (Å²) in [5, 5.41) is 11.1. The number of amides is 1. The molecule has 1 amide bonds. The van der Waals surface area contributed by atoms with Crippen molar-refractivity contribution in [3.8, 4) is 5.69 Å². The van der Waals surface area contributed by atoms with Crippen LogP contribution < -0.4 is 5.32 Å². The molecule has 1 aromatic heterocycles. The first-order valence-electron chi connectivity index (χ1n) is 9.30. The van der Waals surface area contributed by atoms with Crippen LogP contribution in [0.1, 0.15) is 30.3 Å². The monoisotopic (exact) mass is 415 g/mol. The highest BCUT2D eigenvalue weighted by Gasteiger charge is 2.38. The number of guanidine groups is 1. The molecule has 3 aromatic rings. The van der Waals surface area contributed by atoms with E-state index in [9.17, 15) is 18.0 Å². The number of aromatic nitrogens is 2. The molecule has 1 aliphatic heterocycles. The van der Waals surface area contributed by atoms with Gasteiger partial charge >= 0.3 is 6.18 Å². The van der Waals surface area contributed by atoms with E-state index in [4.69, 9.17) is 5.41 Å². The average Bonchev–Trinajstić information content (AvgIpc) is 3.00. The van der Waals surface area contributed by atoms with E-state index >= 15 is 0 Å². The molecule has 30 heavy (non-hydrogen) atoms. The number of aryl methyl sites for hydroxylation is 1. The van der Waals surface area contributed by atoms with E-state index in [1.54, 1.807) is 18.5 Å². The maximum Gasteiger partial charge on any atom is 0.416 e. The van der Waals surface area contributed by atoms with Crippen LogP contribution in [0.4, 0.5) is 13.2 Å². The molecule has 1 aliphatic rings. The van der Waals surface area contributed by atoms with E-state index in [0.29, 0.717) is 17.0 Å². The van der Waals surface area contributed by atoms with Gasteiger partial charge in [-0.25, -0.2) is 4.98 Å². The number of hydrogen-bond acceptors (Lipinski definition) is 3. The van der Waals surface area contributed by atoms with Crippen LogP contribution in [0.5, 0.6) is 0 Å². The molecule has 1 fully saturated rings. The summed E-state index contributed by atoms with van der Waals surface area (Å²) in [4.78, 5) is 17.9. The van der Waals surface area contributed by atoms with Gasteiger partial charge in [-0.05, 0) is 49.7 Å². The van der Waals surface area contributed by atoms with E-state index in [0.717, 1.165) is 17.7 Å². The number of imidazole rings is 1. The third-order valence-electron chi connectivity index (χ3n) is 5.50. The van der Waals surface area contributed by atoms with Crippen molar-refractivity contribution < 1.29 is 18.0 Å². The summed E-state index contributed by atoms with van der Waals surface area (Å²) in [7, 11) is 1.55. The van der Waals surface area contributed by atoms with Crippen LogP contribution >= 0.6 is 0 Å². The first-order chi connectivity index (χ1) is 14.0. The average molecular weight is 415 g/mol. The SMILES string of the molecule is Cc1nc2cc(C(F)(F)F)ccc2n1-c1cccc([C@]2(C)CC(=O)N(C)C(=N)N2)c1. The molecule has 4 rings (SSSR count). The lowest BCUT2D eigenvalue weighted by Crippen LogP contribution is -2.58. The van der Waals surface area contributed by atoms with Crippen molar-refractivity contribution in [1.82, 2.24) is 19.8 Å². The third kappa shape index (κ3) is 3.20. The predicted octanol–water partition coefficient (Wildman–Crippen LogP) is 3.95. The Bertz CT molecular complexity index is 1160. The van der Waals surface area contributed by atoms with Gasteiger partial charge in [0, 0.05) is 12.7 Å². The number of hydrogen-bond donors (Lipinski definition) is 2. The second-order valence-electron chi connectivity index (χ2n) is 7.68. The molecule has 156 valence electrons. The Morgan fingerprint density at radius 2 is 1.93 bits per heavy atom. The summed E-state index contributed by atoms with van der Waals surface area (Å²) in [5.41, 5.74) is 0.807. The third-order valence-corrected chi connectivity index (χ3v) is 5.50. The van der Waals surface area contributed by atoms with Crippen LogP contribution in [0.15, 0.2) is 42.5 Å². The number of benzene rings is 2. The van der Waals surface area contributed by atoms with Crippen LogP contribution in [0, 0.1) is 12.3 Å². The number of halogens is 3. The first kappa shape index (κ1) is 19.9. The zero-order valence-electron chi connectivity index (χ0n) is 16.6. The molecule has 6 nitrogen and oxygen atoms in total. The normalized spacial score (nSPS) is 20.0. The molecule has 0 radical (unpaired) electrons. The maximum atomic E-state index is 13.0. The Hall–Kier alpha value is -3.36. The van der Waals surface area contributed by atoms with Crippen molar-refractivity contribution in [3.63, 3.8) is 0 Å². The Morgan fingerprint density at radius 3 is 2.60 bits per heavy atom. The highest BCUT2D eigenvalue weighted by molar-refractivity contribution is 5.98. The molecule has 0 spiro atoms. The minimum absolute atomic E-state index is 0.0168. The molecule has 1 saturated heterocycles. The standard InChI is InChI=1S/C21H20F3N5O/c1-12-26-16-10-14(21(22,23)24)7-8-17(16)29(12)15-6-4-5-13(9-15)20(2)11-18(30)28(3)19(25)27-20/h4-10H,11H2,1-3H3,(H2,25,27)/t20-/m0/s1. The molecular formula is C21H20F3N5O. The van der Waals surface area contributed by atoms with Gasteiger partial charge in [0.15, 0.2) is 5.96 Å². The maximum absolute atomic E-state index is 13.0. The number of carbonyl (C=O) groups excluding carboxylic acids is 1. The molecule has 2 N–H and O–H groups in total. The van der Waals surface area contributed by atoms with Crippen molar-refractivity contribution in [1.29, 1.82) is 5.41 Å². The first-order valence-corrected chi connectivity index (χ1v) is 9.30. The summed E-state index contributed by atoms with van der Waals surface area (Å²) in [6.45, 7) is 3.58. The Labute approximate surface area is 170 Å². The van der Waals surface area contributed by atoms with Crippen LogP contribution in [0.3, 0.4) is 0 Å². The second kappa shape index (κ2) is 6.58. The van der Waals surface area contributed by atoms with Gasteiger partial charge in [-0.3, -0.25) is 19.7 Å². The largest absolute Gasteiger partial charge is 0.416 e. The number of rotatable bonds is 2. The van der Waals surface area contributed by atoms with Crippen molar-refractivity contribution in [3.05, 3.63) is 59.4 Å². The topological polar surface area (TPSA) is 74.0 Å². The van der Waals surface area contributed by atoms with E-state index < -0.39 is 17.3 Å². The van der Waals surface area contributed by atoms with Gasteiger partial charge < -0.3 is 5.32 Å². The second-order valence-corrected chi connectivity index (χ2v) is 7.68. The van der Waals surface area contributed by atoms with Crippen LogP contribution in [0.25, 0.3) is 16.7 Å². The van der Waals surface area contributed by atoms with Crippen molar-refractivity contribution in [2.45, 2.75) is 32.0 Å². The van der Waals surface area contributed by atoms with Gasteiger partial charge in [-0.1, -0.05) is 12.1 Å². The van der Waals surface area contributed by atoms with E-state index in [1.165, 1.54) is 11.0 Å². The number of fused-ring (bicyclic) bond motifs is 1. The molecule has 1 atom stereocenters. The number of nitrogens with zero attached hydrogens (tertiary/aromatic N) is 3. The summed E-state index contributed by atoms with van der Waals surface area (Å²) in [5.74, 6) is 0.394. The Morgan fingerprint density at radius 1 is 1.20 bits per heavy atom. The van der Waals surface area contributed by atoms with E-state index in [-0.39, 0.29) is 23.8 Å². The fourth-order valence-electron chi connectivity index (χ4n) is 3.80. The van der Waals surface area contributed by atoms with Gasteiger partial charge in [-0.15, -0.1) is 0 Å². The fraction of sp³-hybridized carbons (Fsp3) is 0.286. The quantitative estimate of drug-likeness (QED) is 0.666. The van der Waals surface area contributed by atoms with Crippen molar-refractivity contribution in [2.24, 2.45) is 0 Å². The van der Waals surface area contributed by atoms with Gasteiger partial charge in [0.25, 0.3) is 0 Å². The van der Waals surface area contributed by atoms with Gasteiger partial charge in [0.2, 0.25) is 5.91 Å². The van der Waals surface area contributed by atoms with Crippen LogP contribution in [-0.2, 0) is 16.5 Å². The summed E-state index contributed by atoms with van der Waals surface area (Å²) < 4.78 is 40.9. The number of alkyl halides is 3. The summed E-state index contributed by atoms with van der Waals surface area (Å²) >= 11 is 0. The molecule has 9 heteroatoms. The smallest absolute Gasteiger partial charge is 0.346 e. The minimum Gasteiger partial charge on any atom is -0.346 e. The number of carbonyl (C=O) groups is 1. The zero-order valence-corrected chi connectivity index (χ0v) is 16.6. The molecule has 0 aliphatic carbocycles. The van der Waals surface area contributed by atoms with Crippen molar-refractivity contribution in [2.75, 3.05) is 7.05 Å². The molecule has 0 saturated carbocycles. The van der Waals surface area contributed by atoms with Gasteiger partial charge in [0.1, 0.15) is 5.82 Å². The van der Waals surface area contributed by atoms with E-state index in [1.807, 2.05) is 31.2 Å². The van der Waals surface area contributed by atoms with E-state index in [2.05, 4.69) is 10.3 Å². The van der Waals surface area contributed by atoms with Crippen LogP contribution in [0.2, 0.25) is 0 Å². The number of nitrogens with one attached hydrogen (secondary N) is 2. The lowest BCUT2D eigenvalue weighted by atomic mass is 9.86. The van der Waals surface area contributed by atoms with Gasteiger partial charge in [-0.2, -0.15) is 13.2 Å². The predicted molar refractivity (Wildman–Crippen MR) is 106 cm³/mol. The molecule has 0 bridgehead atoms. The molecule has 2 aromatic carbocycles. The van der Waals surface area contributed by atoms with Crippen LogP contribution in [-0.4, -0.2) is 33.4 Å². The molecular weight excluding hydrogens is 395 g/mol. The molecule has 0 unspecified atom stereocenters. The lowest BCUT2D eigenvalue weighted by Gasteiger charge is -2.39. The highest BCUT2D eigenvalue weighted by atomic mass is 19.4. The van der Waals surface area contributed by atoms with Gasteiger partial charge in [0.05, 0.1) is 28.6 Å². The van der Waals surface area contributed by atoms with Crippen molar-refractivity contribution >= 4 is 22.9 Å². The Balaban J connectivity index is 1.80. The fourth-order valence-corrected chi connectivity index (χ4v) is 3.80. The lowest BCUT2D eigenvalue weighted by molar-refractivity contribution is -0.137. The summed E-state index contributed by atoms with van der Waals surface area (Å²) in [6, 6.07) is 10.9. The molecule has 2 heterocycles. The zero-order chi connectivity index (χ0) is 21.8. The minimum atomic E-state index is -4.43.